The highest BCUT2D eigenvalue weighted by Gasteiger charge is 1.95. The van der Waals surface area contributed by atoms with E-state index >= 15 is 0 Å². The van der Waals surface area contributed by atoms with Gasteiger partial charge < -0.3 is 0 Å². The van der Waals surface area contributed by atoms with Crippen LogP contribution < -0.4 is 10.9 Å². The molecule has 0 heterocycles. The topological polar surface area (TPSA) is 24.1 Å². The maximum Gasteiger partial charge on any atom is 0.00997 e. The first-order chi connectivity index (χ1) is 12.9. The van der Waals surface area contributed by atoms with Crippen molar-refractivity contribution in [2.75, 3.05) is 13.1 Å². The molecule has 2 aromatic carbocycles. The van der Waals surface area contributed by atoms with Gasteiger partial charge in [-0.3, -0.25) is 10.9 Å². The quantitative estimate of drug-likeness (QED) is 0.318. The van der Waals surface area contributed by atoms with E-state index in [2.05, 4.69) is 71.5 Å². The summed E-state index contributed by atoms with van der Waals surface area (Å²) in [7, 11) is 0. The molecule has 0 aliphatic heterocycles. The van der Waals surface area contributed by atoms with Crippen molar-refractivity contribution in [3.8, 4) is 0 Å². The second-order valence-electron chi connectivity index (χ2n) is 7.15. The highest BCUT2D eigenvalue weighted by molar-refractivity contribution is 5.15. The third kappa shape index (κ3) is 10.4. The predicted molar refractivity (Wildman–Crippen MR) is 113 cm³/mol. The lowest BCUT2D eigenvalue weighted by Crippen LogP contribution is -2.33. The van der Waals surface area contributed by atoms with Crippen molar-refractivity contribution < 1.29 is 0 Å². The lowest BCUT2D eigenvalue weighted by Gasteiger charge is -2.07. The largest absolute Gasteiger partial charge is 0.258 e. The zero-order valence-corrected chi connectivity index (χ0v) is 16.3. The van der Waals surface area contributed by atoms with Gasteiger partial charge in [-0.2, -0.15) is 0 Å². The number of hydrogen-bond acceptors (Lipinski definition) is 2. The van der Waals surface area contributed by atoms with Gasteiger partial charge >= 0.3 is 0 Å². The van der Waals surface area contributed by atoms with Crippen LogP contribution in [-0.4, -0.2) is 13.1 Å². The van der Waals surface area contributed by atoms with Crippen LogP contribution in [0.15, 0.2) is 60.7 Å². The molecule has 0 fully saturated rings. The number of nitrogens with one attached hydrogen (secondary N) is 2. The van der Waals surface area contributed by atoms with Crippen LogP contribution in [0.2, 0.25) is 0 Å². The fourth-order valence-corrected chi connectivity index (χ4v) is 3.26. The van der Waals surface area contributed by atoms with Crippen molar-refractivity contribution in [2.45, 2.75) is 64.2 Å². The SMILES string of the molecule is c1ccc(CCCCCCNNCCCCCCc2ccccc2)cc1. The molecule has 26 heavy (non-hydrogen) atoms. The number of unbranched alkanes of at least 4 members (excludes halogenated alkanes) is 6. The fraction of sp³-hybridized carbons (Fsp3) is 0.500. The van der Waals surface area contributed by atoms with E-state index in [1.165, 1.54) is 75.3 Å². The molecule has 0 radical (unpaired) electrons. The molecule has 2 N–H and O–H groups in total. The molecule has 0 aliphatic rings. The minimum Gasteiger partial charge on any atom is -0.258 e. The molecular weight excluding hydrogens is 316 g/mol. The van der Waals surface area contributed by atoms with Crippen LogP contribution in [-0.2, 0) is 12.8 Å². The van der Waals surface area contributed by atoms with E-state index in [0.717, 1.165) is 13.1 Å². The summed E-state index contributed by atoms with van der Waals surface area (Å²) >= 11 is 0. The van der Waals surface area contributed by atoms with Gasteiger partial charge in [0.05, 0.1) is 0 Å². The van der Waals surface area contributed by atoms with Gasteiger partial charge in [0.1, 0.15) is 0 Å². The smallest absolute Gasteiger partial charge is 0.00997 e. The summed E-state index contributed by atoms with van der Waals surface area (Å²) < 4.78 is 0. The maximum absolute atomic E-state index is 3.36. The highest BCUT2D eigenvalue weighted by atomic mass is 15.3. The minimum atomic E-state index is 1.08. The molecule has 2 aromatic rings. The zero-order valence-electron chi connectivity index (χ0n) is 16.3. The first-order valence-electron chi connectivity index (χ1n) is 10.5. The normalized spacial score (nSPS) is 10.9. The third-order valence-electron chi connectivity index (χ3n) is 4.85. The van der Waals surface area contributed by atoms with Crippen LogP contribution in [0, 0.1) is 0 Å². The molecule has 2 nitrogen and oxygen atoms in total. The molecule has 0 saturated heterocycles. The van der Waals surface area contributed by atoms with E-state index in [1.54, 1.807) is 0 Å². The number of aryl methyl sites for hydroxylation is 2. The van der Waals surface area contributed by atoms with Gasteiger partial charge in [-0.1, -0.05) is 86.3 Å². The summed E-state index contributed by atoms with van der Waals surface area (Å²) in [4.78, 5) is 0. The van der Waals surface area contributed by atoms with Crippen LogP contribution in [0.1, 0.15) is 62.5 Å². The van der Waals surface area contributed by atoms with E-state index in [4.69, 9.17) is 0 Å². The molecule has 0 spiro atoms. The van der Waals surface area contributed by atoms with E-state index in [0.29, 0.717) is 0 Å². The van der Waals surface area contributed by atoms with Crippen molar-refractivity contribution in [1.82, 2.24) is 10.9 Å². The average molecular weight is 353 g/mol. The molecule has 0 atom stereocenters. The molecule has 0 aliphatic carbocycles. The van der Waals surface area contributed by atoms with Gasteiger partial charge in [0.25, 0.3) is 0 Å². The summed E-state index contributed by atoms with van der Waals surface area (Å²) in [5, 5.41) is 0. The molecule has 2 rings (SSSR count). The highest BCUT2D eigenvalue weighted by Crippen LogP contribution is 2.08. The summed E-state index contributed by atoms with van der Waals surface area (Å²) in [6, 6.07) is 21.6. The van der Waals surface area contributed by atoms with Gasteiger partial charge in [0, 0.05) is 13.1 Å². The third-order valence-corrected chi connectivity index (χ3v) is 4.85. The van der Waals surface area contributed by atoms with Gasteiger partial charge in [-0.05, 0) is 49.7 Å². The molecule has 0 amide bonds. The number of benzene rings is 2. The van der Waals surface area contributed by atoms with Crippen molar-refractivity contribution in [3.63, 3.8) is 0 Å². The standard InChI is InChI=1S/C24H36N2/c1(7-15-23-17-9-5-10-18-23)3-13-21-25-26-22-14-4-2-8-16-24-19-11-6-12-20-24/h5-6,9-12,17-20,25-26H,1-4,7-8,13-16,21-22H2. The Morgan fingerprint density at radius 3 is 1.23 bits per heavy atom. The van der Waals surface area contributed by atoms with Crippen molar-refractivity contribution in [2.24, 2.45) is 0 Å². The number of rotatable bonds is 15. The molecule has 0 aromatic heterocycles. The van der Waals surface area contributed by atoms with Gasteiger partial charge in [0.15, 0.2) is 0 Å². The summed E-state index contributed by atoms with van der Waals surface area (Å²) in [6.45, 7) is 2.17. The summed E-state index contributed by atoms with van der Waals surface area (Å²) in [5.74, 6) is 0. The molecule has 0 bridgehead atoms. The second-order valence-corrected chi connectivity index (χ2v) is 7.15. The lowest BCUT2D eigenvalue weighted by molar-refractivity contribution is 0.484. The Morgan fingerprint density at radius 1 is 0.423 bits per heavy atom. The Labute approximate surface area is 160 Å². The van der Waals surface area contributed by atoms with E-state index in [-0.39, 0.29) is 0 Å². The Hall–Kier alpha value is -1.64. The Balaban J connectivity index is 1.28. The molecule has 2 heteroatoms. The first kappa shape index (κ1) is 20.7. The van der Waals surface area contributed by atoms with Crippen LogP contribution in [0.4, 0.5) is 0 Å². The molecular formula is C24H36N2. The maximum atomic E-state index is 3.36. The average Bonchev–Trinajstić information content (AvgIpc) is 2.70. The summed E-state index contributed by atoms with van der Waals surface area (Å²) in [5.41, 5.74) is 9.66. The van der Waals surface area contributed by atoms with E-state index in [1.807, 2.05) is 0 Å². The monoisotopic (exact) mass is 352 g/mol. The van der Waals surface area contributed by atoms with E-state index < -0.39 is 0 Å². The zero-order chi connectivity index (χ0) is 18.1. The molecule has 142 valence electrons. The van der Waals surface area contributed by atoms with E-state index in [9.17, 15) is 0 Å². The predicted octanol–water partition coefficient (Wildman–Crippen LogP) is 5.69. The van der Waals surface area contributed by atoms with Crippen LogP contribution in [0.5, 0.6) is 0 Å². The van der Waals surface area contributed by atoms with Crippen LogP contribution in [0.3, 0.4) is 0 Å². The minimum absolute atomic E-state index is 1.08. The molecule has 0 unspecified atom stereocenters. The van der Waals surface area contributed by atoms with Crippen LogP contribution >= 0.6 is 0 Å². The Bertz CT molecular complexity index is 487. The van der Waals surface area contributed by atoms with Crippen molar-refractivity contribution in [3.05, 3.63) is 71.8 Å². The number of hydrogen-bond donors (Lipinski definition) is 2. The van der Waals surface area contributed by atoms with Gasteiger partial charge in [-0.25, -0.2) is 0 Å². The number of hydrazine groups is 1. The lowest BCUT2D eigenvalue weighted by atomic mass is 10.1. The summed E-state index contributed by atoms with van der Waals surface area (Å²) in [6.07, 6.45) is 12.9. The van der Waals surface area contributed by atoms with Gasteiger partial charge in [0.2, 0.25) is 0 Å². The second kappa shape index (κ2) is 14.5. The van der Waals surface area contributed by atoms with Crippen LogP contribution in [0.25, 0.3) is 0 Å². The Morgan fingerprint density at radius 2 is 0.808 bits per heavy atom. The molecule has 0 saturated carbocycles. The van der Waals surface area contributed by atoms with Gasteiger partial charge in [-0.15, -0.1) is 0 Å². The first-order valence-corrected chi connectivity index (χ1v) is 10.5. The fourth-order valence-electron chi connectivity index (χ4n) is 3.26. The van der Waals surface area contributed by atoms with Crippen molar-refractivity contribution >= 4 is 0 Å². The Kier molecular flexibility index (Phi) is 11.5. The van der Waals surface area contributed by atoms with Crippen molar-refractivity contribution in [1.29, 1.82) is 0 Å².